The van der Waals surface area contributed by atoms with E-state index < -0.39 is 17.7 Å². The van der Waals surface area contributed by atoms with Crippen LogP contribution in [0.5, 0.6) is 0 Å². The molecule has 3 heterocycles. The molecular weight excluding hydrogens is 310 g/mol. The highest BCUT2D eigenvalue weighted by atomic mass is 16.5. The van der Waals surface area contributed by atoms with Gasteiger partial charge in [-0.1, -0.05) is 6.07 Å². The van der Waals surface area contributed by atoms with Crippen molar-refractivity contribution in [1.82, 2.24) is 9.88 Å². The molecule has 0 saturated carbocycles. The van der Waals surface area contributed by atoms with Crippen molar-refractivity contribution in [2.24, 2.45) is 0 Å². The number of hydrogen-bond acceptors (Lipinski definition) is 5. The van der Waals surface area contributed by atoms with Gasteiger partial charge < -0.3 is 19.6 Å². The molecule has 0 radical (unpaired) electrons. The number of morpholine rings is 1. The lowest BCUT2D eigenvalue weighted by Crippen LogP contribution is -3.14. The molecule has 1 amide bonds. The SMILES string of the molecule is CC(=O)C1=C(O)C(=O)N(CC[NH+]2CCOCC2)[C@H]1c1cccnc1. The molecule has 7 nitrogen and oxygen atoms in total. The fraction of sp³-hybridized carbons (Fsp3) is 0.471. The van der Waals surface area contributed by atoms with E-state index in [2.05, 4.69) is 4.98 Å². The smallest absolute Gasteiger partial charge is 0.290 e. The molecule has 7 heteroatoms. The molecule has 1 aromatic heterocycles. The van der Waals surface area contributed by atoms with E-state index in [1.807, 2.05) is 6.07 Å². The van der Waals surface area contributed by atoms with Crippen LogP contribution in [0, 0.1) is 0 Å². The number of amides is 1. The van der Waals surface area contributed by atoms with Crippen molar-refractivity contribution >= 4 is 11.7 Å². The van der Waals surface area contributed by atoms with Gasteiger partial charge in [0, 0.05) is 12.4 Å². The number of aliphatic hydroxyl groups excluding tert-OH is 1. The summed E-state index contributed by atoms with van der Waals surface area (Å²) < 4.78 is 5.35. The molecule has 3 rings (SSSR count). The molecule has 1 atom stereocenters. The summed E-state index contributed by atoms with van der Waals surface area (Å²) in [5.74, 6) is -1.22. The Labute approximate surface area is 140 Å². The van der Waals surface area contributed by atoms with Crippen LogP contribution in [0.15, 0.2) is 35.9 Å². The van der Waals surface area contributed by atoms with Crippen LogP contribution in [0.2, 0.25) is 0 Å². The van der Waals surface area contributed by atoms with E-state index in [-0.39, 0.29) is 11.4 Å². The molecule has 0 unspecified atom stereocenters. The molecule has 1 saturated heterocycles. The Morgan fingerprint density at radius 1 is 1.46 bits per heavy atom. The summed E-state index contributed by atoms with van der Waals surface area (Å²) in [4.78, 5) is 31.5. The summed E-state index contributed by atoms with van der Waals surface area (Å²) in [6, 6.07) is 3.02. The Bertz CT molecular complexity index is 653. The monoisotopic (exact) mass is 332 g/mol. The zero-order valence-corrected chi connectivity index (χ0v) is 13.7. The van der Waals surface area contributed by atoms with Crippen molar-refractivity contribution in [3.63, 3.8) is 0 Å². The fourth-order valence-electron chi connectivity index (χ4n) is 3.32. The van der Waals surface area contributed by atoms with Gasteiger partial charge in [-0.2, -0.15) is 0 Å². The third-order valence-corrected chi connectivity index (χ3v) is 4.59. The van der Waals surface area contributed by atoms with Crippen LogP contribution in [-0.2, 0) is 14.3 Å². The highest BCUT2D eigenvalue weighted by Crippen LogP contribution is 2.36. The van der Waals surface area contributed by atoms with Crippen molar-refractivity contribution in [1.29, 1.82) is 0 Å². The number of carbonyl (C=O) groups excluding carboxylic acids is 2. The Morgan fingerprint density at radius 2 is 2.21 bits per heavy atom. The zero-order chi connectivity index (χ0) is 17.1. The maximum Gasteiger partial charge on any atom is 0.290 e. The summed E-state index contributed by atoms with van der Waals surface area (Å²) in [6.45, 7) is 5.84. The standard InChI is InChI=1S/C17H21N3O4/c1-12(21)14-15(13-3-2-4-18-11-13)20(17(23)16(14)22)6-5-19-7-9-24-10-8-19/h2-4,11,15,22H,5-10H2,1H3/p+1/t15-/m0/s1. The van der Waals surface area contributed by atoms with E-state index in [1.165, 1.54) is 11.8 Å². The maximum atomic E-state index is 12.5. The van der Waals surface area contributed by atoms with Gasteiger partial charge in [-0.05, 0) is 18.6 Å². The topological polar surface area (TPSA) is 84.2 Å². The van der Waals surface area contributed by atoms with E-state index in [1.54, 1.807) is 23.4 Å². The number of aliphatic hydroxyl groups is 1. The van der Waals surface area contributed by atoms with Gasteiger partial charge in [-0.15, -0.1) is 0 Å². The van der Waals surface area contributed by atoms with Crippen LogP contribution in [0.3, 0.4) is 0 Å². The summed E-state index contributed by atoms with van der Waals surface area (Å²) in [7, 11) is 0. The fourth-order valence-corrected chi connectivity index (χ4v) is 3.32. The van der Waals surface area contributed by atoms with Crippen LogP contribution in [-0.4, -0.2) is 66.1 Å². The lowest BCUT2D eigenvalue weighted by Gasteiger charge is -2.29. The molecule has 2 aliphatic rings. The van der Waals surface area contributed by atoms with Gasteiger partial charge in [-0.3, -0.25) is 14.6 Å². The van der Waals surface area contributed by atoms with Crippen molar-refractivity contribution in [3.8, 4) is 0 Å². The summed E-state index contributed by atoms with van der Waals surface area (Å²) in [5, 5.41) is 10.2. The number of hydrogen-bond donors (Lipinski definition) is 2. The largest absolute Gasteiger partial charge is 0.503 e. The molecule has 128 valence electrons. The van der Waals surface area contributed by atoms with Gasteiger partial charge in [0.1, 0.15) is 13.1 Å². The molecule has 0 spiro atoms. The first-order valence-electron chi connectivity index (χ1n) is 8.16. The highest BCUT2D eigenvalue weighted by Gasteiger charge is 2.42. The first-order valence-corrected chi connectivity index (χ1v) is 8.16. The van der Waals surface area contributed by atoms with Crippen LogP contribution in [0.1, 0.15) is 18.5 Å². The average Bonchev–Trinajstić information content (AvgIpc) is 2.86. The number of rotatable bonds is 5. The van der Waals surface area contributed by atoms with Crippen LogP contribution >= 0.6 is 0 Å². The van der Waals surface area contributed by atoms with E-state index in [0.29, 0.717) is 6.54 Å². The van der Waals surface area contributed by atoms with Gasteiger partial charge in [0.15, 0.2) is 11.5 Å². The Morgan fingerprint density at radius 3 is 2.83 bits per heavy atom. The van der Waals surface area contributed by atoms with Crippen LogP contribution in [0.25, 0.3) is 0 Å². The Kier molecular flexibility index (Phi) is 4.92. The van der Waals surface area contributed by atoms with Gasteiger partial charge >= 0.3 is 0 Å². The normalized spacial score (nSPS) is 22.3. The predicted molar refractivity (Wildman–Crippen MR) is 85.4 cm³/mol. The predicted octanol–water partition coefficient (Wildman–Crippen LogP) is -0.719. The van der Waals surface area contributed by atoms with Gasteiger partial charge in [0.2, 0.25) is 0 Å². The van der Waals surface area contributed by atoms with Crippen molar-refractivity contribution < 1.29 is 24.3 Å². The lowest BCUT2D eigenvalue weighted by atomic mass is 9.98. The number of ether oxygens (including phenoxy) is 1. The molecule has 2 aliphatic heterocycles. The molecule has 0 aromatic carbocycles. The second kappa shape index (κ2) is 7.11. The molecule has 0 aliphatic carbocycles. The van der Waals surface area contributed by atoms with Gasteiger partial charge in [-0.25, -0.2) is 0 Å². The van der Waals surface area contributed by atoms with Gasteiger partial charge in [0.05, 0.1) is 37.9 Å². The number of ketones is 1. The number of nitrogens with one attached hydrogen (secondary N) is 1. The molecular formula is C17H22N3O4+. The second-order valence-corrected chi connectivity index (χ2v) is 6.12. The second-order valence-electron chi connectivity index (χ2n) is 6.12. The van der Waals surface area contributed by atoms with Crippen molar-refractivity contribution in [2.45, 2.75) is 13.0 Å². The molecule has 0 bridgehead atoms. The van der Waals surface area contributed by atoms with Crippen LogP contribution in [0.4, 0.5) is 0 Å². The van der Waals surface area contributed by atoms with Gasteiger partial charge in [0.25, 0.3) is 5.91 Å². The van der Waals surface area contributed by atoms with Crippen molar-refractivity contribution in [3.05, 3.63) is 41.4 Å². The Hall–Kier alpha value is -2.25. The highest BCUT2D eigenvalue weighted by molar-refractivity contribution is 6.08. The molecule has 1 aromatic rings. The van der Waals surface area contributed by atoms with E-state index in [0.717, 1.165) is 38.4 Å². The summed E-state index contributed by atoms with van der Waals surface area (Å²) in [6.07, 6.45) is 3.27. The summed E-state index contributed by atoms with van der Waals surface area (Å²) >= 11 is 0. The minimum Gasteiger partial charge on any atom is -0.503 e. The van der Waals surface area contributed by atoms with Crippen molar-refractivity contribution in [2.75, 3.05) is 39.4 Å². The first kappa shape index (κ1) is 16.6. The quantitative estimate of drug-likeness (QED) is 0.744. The Balaban J connectivity index is 1.83. The minimum absolute atomic E-state index is 0.157. The van der Waals surface area contributed by atoms with E-state index in [9.17, 15) is 14.7 Å². The number of aromatic nitrogens is 1. The molecule has 24 heavy (non-hydrogen) atoms. The number of quaternary nitrogens is 1. The molecule has 2 N–H and O–H groups in total. The average molecular weight is 332 g/mol. The minimum atomic E-state index is -0.566. The third-order valence-electron chi connectivity index (χ3n) is 4.59. The third kappa shape index (κ3) is 3.18. The number of carbonyl (C=O) groups is 2. The number of nitrogens with zero attached hydrogens (tertiary/aromatic N) is 2. The zero-order valence-electron chi connectivity index (χ0n) is 13.7. The van der Waals surface area contributed by atoms with E-state index in [4.69, 9.17) is 4.74 Å². The summed E-state index contributed by atoms with van der Waals surface area (Å²) in [5.41, 5.74) is 0.891. The number of pyridine rings is 1. The van der Waals surface area contributed by atoms with Crippen LogP contribution < -0.4 is 4.90 Å². The number of Topliss-reactive ketones (excluding diaryl/α,β-unsaturated/α-hetero) is 1. The first-order chi connectivity index (χ1) is 11.6. The van der Waals surface area contributed by atoms with E-state index >= 15 is 0 Å². The maximum absolute atomic E-state index is 12.5. The molecule has 1 fully saturated rings. The lowest BCUT2D eigenvalue weighted by molar-refractivity contribution is -0.907.